The van der Waals surface area contributed by atoms with Gasteiger partial charge in [0.25, 0.3) is 0 Å². The Morgan fingerprint density at radius 3 is 2.71 bits per heavy atom. The third kappa shape index (κ3) is 4.11. The number of amides is 1. The first-order chi connectivity index (χ1) is 13.6. The molecule has 140 valence electrons. The van der Waals surface area contributed by atoms with Crippen LogP contribution < -0.4 is 5.32 Å². The number of halogens is 1. The van der Waals surface area contributed by atoms with E-state index < -0.39 is 0 Å². The maximum atomic E-state index is 11.3. The molecule has 3 aromatic heterocycles. The van der Waals surface area contributed by atoms with Gasteiger partial charge in [0, 0.05) is 23.0 Å². The lowest BCUT2D eigenvalue weighted by Crippen LogP contribution is -2.06. The number of pyridine rings is 1. The van der Waals surface area contributed by atoms with Crippen LogP contribution in [0.4, 0.5) is 5.82 Å². The average molecular weight is 410 g/mol. The smallest absolute Gasteiger partial charge is 0.222 e. The Morgan fingerprint density at radius 1 is 1.18 bits per heavy atom. The van der Waals surface area contributed by atoms with Gasteiger partial charge in [-0.05, 0) is 53.4 Å². The van der Waals surface area contributed by atoms with Crippen molar-refractivity contribution in [3.05, 3.63) is 71.1 Å². The zero-order valence-electron chi connectivity index (χ0n) is 14.9. The van der Waals surface area contributed by atoms with Crippen LogP contribution in [-0.2, 0) is 11.2 Å². The van der Waals surface area contributed by atoms with Crippen LogP contribution in [0.15, 0.2) is 55.0 Å². The molecule has 0 unspecified atom stereocenters. The summed E-state index contributed by atoms with van der Waals surface area (Å²) in [5, 5.41) is 10.4. The predicted molar refractivity (Wildman–Crippen MR) is 111 cm³/mol. The largest absolute Gasteiger partial charge is 0.311 e. The van der Waals surface area contributed by atoms with E-state index in [4.69, 9.17) is 11.6 Å². The predicted octanol–water partition coefficient (Wildman–Crippen LogP) is 4.80. The molecule has 1 aromatic carbocycles. The number of H-pyrrole nitrogens is 1. The monoisotopic (exact) mass is 409 g/mol. The van der Waals surface area contributed by atoms with Crippen molar-refractivity contribution in [2.75, 3.05) is 5.32 Å². The second kappa shape index (κ2) is 7.92. The summed E-state index contributed by atoms with van der Waals surface area (Å²) in [7, 11) is 0. The van der Waals surface area contributed by atoms with Crippen molar-refractivity contribution < 1.29 is 4.79 Å². The number of aromatic nitrogens is 4. The second-order valence-electron chi connectivity index (χ2n) is 6.21. The summed E-state index contributed by atoms with van der Waals surface area (Å²) in [4.78, 5) is 21.9. The Kier molecular flexibility index (Phi) is 5.18. The fraction of sp³-hybridized carbons (Fsp3) is 0.100. The lowest BCUT2D eigenvalue weighted by molar-refractivity contribution is -0.114. The van der Waals surface area contributed by atoms with Gasteiger partial charge in [0.05, 0.1) is 4.88 Å². The standard InChI is InChI=1S/C20H16ClN5OS/c1-12(27)25-18-10-14(6-7-22-18)17-9-15(8-13-2-4-16(21)5-3-13)19(28-17)20-23-11-24-26-20/h2-7,9-11H,8H2,1H3,(H,22,25,27)(H,23,24,26). The topological polar surface area (TPSA) is 83.6 Å². The number of aromatic amines is 1. The molecule has 0 saturated carbocycles. The molecule has 0 aliphatic rings. The summed E-state index contributed by atoms with van der Waals surface area (Å²) >= 11 is 7.63. The molecule has 4 rings (SSSR count). The van der Waals surface area contributed by atoms with E-state index >= 15 is 0 Å². The fourth-order valence-corrected chi connectivity index (χ4v) is 4.12. The minimum Gasteiger partial charge on any atom is -0.311 e. The Hall–Kier alpha value is -3.03. The van der Waals surface area contributed by atoms with Crippen LogP contribution in [0.1, 0.15) is 18.1 Å². The molecule has 8 heteroatoms. The fourth-order valence-electron chi connectivity index (χ4n) is 2.87. The highest BCUT2D eigenvalue weighted by atomic mass is 35.5. The van der Waals surface area contributed by atoms with Crippen LogP contribution >= 0.6 is 22.9 Å². The highest BCUT2D eigenvalue weighted by molar-refractivity contribution is 7.19. The van der Waals surface area contributed by atoms with Crippen molar-refractivity contribution in [3.8, 4) is 21.1 Å². The molecule has 28 heavy (non-hydrogen) atoms. The van der Waals surface area contributed by atoms with Crippen molar-refractivity contribution in [1.82, 2.24) is 20.2 Å². The normalized spacial score (nSPS) is 10.8. The lowest BCUT2D eigenvalue weighted by Gasteiger charge is -2.03. The molecule has 0 atom stereocenters. The second-order valence-corrected chi connectivity index (χ2v) is 7.70. The number of anilines is 1. The summed E-state index contributed by atoms with van der Waals surface area (Å²) in [5.41, 5.74) is 3.27. The van der Waals surface area contributed by atoms with Crippen LogP contribution in [0.3, 0.4) is 0 Å². The van der Waals surface area contributed by atoms with Crippen molar-refractivity contribution in [1.29, 1.82) is 0 Å². The maximum Gasteiger partial charge on any atom is 0.222 e. The SMILES string of the molecule is CC(=O)Nc1cc(-c2cc(Cc3ccc(Cl)cc3)c(-c3ncn[nH]3)s2)ccn1. The van der Waals surface area contributed by atoms with Crippen LogP contribution in [0, 0.1) is 0 Å². The van der Waals surface area contributed by atoms with Gasteiger partial charge >= 0.3 is 0 Å². The number of thiophene rings is 1. The molecule has 0 fully saturated rings. The van der Waals surface area contributed by atoms with Gasteiger partial charge in [-0.25, -0.2) is 9.97 Å². The minimum absolute atomic E-state index is 0.151. The number of carbonyl (C=O) groups excluding carboxylic acids is 1. The lowest BCUT2D eigenvalue weighted by atomic mass is 10.0. The number of benzene rings is 1. The quantitative estimate of drug-likeness (QED) is 0.496. The summed E-state index contributed by atoms with van der Waals surface area (Å²) in [5.74, 6) is 1.11. The van der Waals surface area contributed by atoms with Gasteiger partial charge < -0.3 is 5.32 Å². The first-order valence-electron chi connectivity index (χ1n) is 8.55. The van der Waals surface area contributed by atoms with Gasteiger partial charge in [-0.1, -0.05) is 23.7 Å². The van der Waals surface area contributed by atoms with Crippen molar-refractivity contribution in [3.63, 3.8) is 0 Å². The van der Waals surface area contributed by atoms with E-state index in [0.717, 1.165) is 38.7 Å². The molecule has 0 aliphatic carbocycles. The van der Waals surface area contributed by atoms with E-state index in [1.165, 1.54) is 13.3 Å². The summed E-state index contributed by atoms with van der Waals surface area (Å²) in [6, 6.07) is 13.7. The Balaban J connectivity index is 1.73. The van der Waals surface area contributed by atoms with Crippen molar-refractivity contribution >= 4 is 34.7 Å². The van der Waals surface area contributed by atoms with E-state index in [-0.39, 0.29) is 5.91 Å². The van der Waals surface area contributed by atoms with E-state index in [0.29, 0.717) is 10.8 Å². The summed E-state index contributed by atoms with van der Waals surface area (Å²) < 4.78 is 0. The number of carbonyl (C=O) groups is 1. The summed E-state index contributed by atoms with van der Waals surface area (Å²) in [6.45, 7) is 1.46. The van der Waals surface area contributed by atoms with Crippen LogP contribution in [0.5, 0.6) is 0 Å². The zero-order chi connectivity index (χ0) is 19.5. The Morgan fingerprint density at radius 2 is 2.00 bits per heavy atom. The highest BCUT2D eigenvalue weighted by Crippen LogP contribution is 2.38. The number of hydrogen-bond donors (Lipinski definition) is 2. The van der Waals surface area contributed by atoms with E-state index in [1.54, 1.807) is 17.5 Å². The van der Waals surface area contributed by atoms with Crippen molar-refractivity contribution in [2.45, 2.75) is 13.3 Å². The van der Waals surface area contributed by atoms with Crippen LogP contribution in [-0.4, -0.2) is 26.1 Å². The van der Waals surface area contributed by atoms with Crippen molar-refractivity contribution in [2.24, 2.45) is 0 Å². The highest BCUT2D eigenvalue weighted by Gasteiger charge is 2.15. The number of nitrogens with zero attached hydrogens (tertiary/aromatic N) is 3. The molecule has 3 heterocycles. The number of nitrogens with one attached hydrogen (secondary N) is 2. The van der Waals surface area contributed by atoms with Crippen LogP contribution in [0.2, 0.25) is 5.02 Å². The molecule has 6 nitrogen and oxygen atoms in total. The average Bonchev–Trinajstić information content (AvgIpc) is 3.33. The van der Waals surface area contributed by atoms with Gasteiger partial charge in [-0.3, -0.25) is 9.89 Å². The molecule has 4 aromatic rings. The number of hydrogen-bond acceptors (Lipinski definition) is 5. The van der Waals surface area contributed by atoms with E-state index in [1.807, 2.05) is 36.4 Å². The molecule has 0 radical (unpaired) electrons. The summed E-state index contributed by atoms with van der Waals surface area (Å²) in [6.07, 6.45) is 3.93. The van der Waals surface area contributed by atoms with Gasteiger partial charge in [0.1, 0.15) is 12.1 Å². The van der Waals surface area contributed by atoms with Gasteiger partial charge in [0.2, 0.25) is 5.91 Å². The molecule has 2 N–H and O–H groups in total. The van der Waals surface area contributed by atoms with E-state index in [9.17, 15) is 4.79 Å². The van der Waals surface area contributed by atoms with Gasteiger partial charge in [0.15, 0.2) is 5.82 Å². The molecule has 0 aliphatic heterocycles. The Labute approximate surface area is 170 Å². The van der Waals surface area contributed by atoms with E-state index in [2.05, 4.69) is 31.5 Å². The molecule has 0 saturated heterocycles. The zero-order valence-corrected chi connectivity index (χ0v) is 16.5. The molecule has 1 amide bonds. The molecule has 0 spiro atoms. The maximum absolute atomic E-state index is 11.3. The number of rotatable bonds is 5. The Bertz CT molecular complexity index is 1110. The first-order valence-corrected chi connectivity index (χ1v) is 9.75. The molecular formula is C20H16ClN5OS. The first kappa shape index (κ1) is 18.3. The third-order valence-corrected chi connectivity index (χ3v) is 5.58. The third-order valence-electron chi connectivity index (χ3n) is 4.10. The van der Waals surface area contributed by atoms with Gasteiger partial charge in [-0.2, -0.15) is 5.10 Å². The minimum atomic E-state index is -0.151. The molecular weight excluding hydrogens is 394 g/mol. The van der Waals surface area contributed by atoms with Crippen LogP contribution in [0.25, 0.3) is 21.1 Å². The van der Waals surface area contributed by atoms with Gasteiger partial charge in [-0.15, -0.1) is 11.3 Å². The molecule has 0 bridgehead atoms.